The molecule has 0 spiro atoms. The zero-order chi connectivity index (χ0) is 12.6. The molecule has 0 fully saturated rings. The van der Waals surface area contributed by atoms with Gasteiger partial charge in [0.25, 0.3) is 0 Å². The van der Waals surface area contributed by atoms with Gasteiger partial charge in [0.05, 0.1) is 12.9 Å². The van der Waals surface area contributed by atoms with Crippen LogP contribution in [0.2, 0.25) is 0 Å². The summed E-state index contributed by atoms with van der Waals surface area (Å²) in [5.74, 6) is 0. The normalized spacial score (nSPS) is 11.6. The third-order valence-electron chi connectivity index (χ3n) is 2.55. The predicted molar refractivity (Wildman–Crippen MR) is 73.0 cm³/mol. The number of aromatic nitrogens is 2. The highest BCUT2D eigenvalue weighted by Gasteiger charge is 1.94. The Morgan fingerprint density at radius 3 is 2.67 bits per heavy atom. The van der Waals surface area contributed by atoms with Crippen molar-refractivity contribution in [2.45, 2.75) is 6.54 Å². The van der Waals surface area contributed by atoms with E-state index in [2.05, 4.69) is 29.2 Å². The molecule has 0 bridgehead atoms. The van der Waals surface area contributed by atoms with Crippen molar-refractivity contribution >= 4 is 6.08 Å². The van der Waals surface area contributed by atoms with E-state index in [-0.39, 0.29) is 6.61 Å². The van der Waals surface area contributed by atoms with Crippen LogP contribution >= 0.6 is 0 Å². The number of allylic oxidation sites excluding steroid dienone is 2. The lowest BCUT2D eigenvalue weighted by atomic mass is 10.1. The summed E-state index contributed by atoms with van der Waals surface area (Å²) >= 11 is 0. The van der Waals surface area contributed by atoms with Gasteiger partial charge in [-0.05, 0) is 11.1 Å². The number of rotatable bonds is 5. The Kier molecular flexibility index (Phi) is 4.50. The maximum Gasteiger partial charge on any atom is 0.0949 e. The molecule has 3 heteroatoms. The molecule has 0 aliphatic heterocycles. The second-order valence-electron chi connectivity index (χ2n) is 3.95. The Labute approximate surface area is 107 Å². The predicted octanol–water partition coefficient (Wildman–Crippen LogP) is 2.49. The summed E-state index contributed by atoms with van der Waals surface area (Å²) < 4.78 is 2.04. The van der Waals surface area contributed by atoms with E-state index in [1.807, 2.05) is 35.3 Å². The van der Waals surface area contributed by atoms with Gasteiger partial charge >= 0.3 is 0 Å². The van der Waals surface area contributed by atoms with Gasteiger partial charge < -0.3 is 9.67 Å². The fraction of sp³-hybridized carbons (Fsp3) is 0.133. The van der Waals surface area contributed by atoms with Gasteiger partial charge in [-0.2, -0.15) is 0 Å². The molecule has 0 radical (unpaired) electrons. The first kappa shape index (κ1) is 12.3. The molecule has 18 heavy (non-hydrogen) atoms. The van der Waals surface area contributed by atoms with Gasteiger partial charge in [0.15, 0.2) is 0 Å². The van der Waals surface area contributed by atoms with Gasteiger partial charge in [0.1, 0.15) is 0 Å². The summed E-state index contributed by atoms with van der Waals surface area (Å²) in [5.41, 5.74) is 2.39. The van der Waals surface area contributed by atoms with Crippen molar-refractivity contribution in [2.24, 2.45) is 0 Å². The Balaban J connectivity index is 1.97. The fourth-order valence-corrected chi connectivity index (χ4v) is 1.63. The minimum atomic E-state index is 0.0776. The van der Waals surface area contributed by atoms with Crippen molar-refractivity contribution in [2.75, 3.05) is 6.61 Å². The van der Waals surface area contributed by atoms with Crippen molar-refractivity contribution in [3.05, 3.63) is 72.3 Å². The molecule has 0 atom stereocenters. The van der Waals surface area contributed by atoms with Gasteiger partial charge in [0.2, 0.25) is 0 Å². The first-order valence-corrected chi connectivity index (χ1v) is 5.87. The second kappa shape index (κ2) is 6.57. The maximum atomic E-state index is 8.59. The van der Waals surface area contributed by atoms with E-state index in [1.54, 1.807) is 12.3 Å². The highest BCUT2D eigenvalue weighted by Crippen LogP contribution is 2.08. The first-order valence-electron chi connectivity index (χ1n) is 5.87. The van der Waals surface area contributed by atoms with Crippen molar-refractivity contribution < 1.29 is 5.11 Å². The quantitative estimate of drug-likeness (QED) is 0.815. The lowest BCUT2D eigenvalue weighted by Crippen LogP contribution is -1.95. The van der Waals surface area contributed by atoms with Gasteiger partial charge in [0, 0.05) is 18.9 Å². The van der Waals surface area contributed by atoms with E-state index in [0.29, 0.717) is 0 Å². The van der Waals surface area contributed by atoms with Crippen molar-refractivity contribution in [3.8, 4) is 0 Å². The number of imidazole rings is 1. The minimum Gasteiger partial charge on any atom is -0.392 e. The number of hydrogen-bond acceptors (Lipinski definition) is 2. The average Bonchev–Trinajstić information content (AvgIpc) is 2.89. The summed E-state index contributed by atoms with van der Waals surface area (Å²) in [6.07, 6.45) is 13.0. The molecule has 92 valence electrons. The van der Waals surface area contributed by atoms with E-state index >= 15 is 0 Å². The molecule has 2 aromatic rings. The molecule has 0 saturated carbocycles. The standard InChI is InChI=1S/C15H16N2O/c18-11-3-1-2-4-14-5-7-15(8-6-14)12-17-10-9-16-13-17/h1-10,13,18H,11-12H2/b3-1+,4-2+. The van der Waals surface area contributed by atoms with Crippen LogP contribution in [0.5, 0.6) is 0 Å². The molecule has 1 heterocycles. The lowest BCUT2D eigenvalue weighted by Gasteiger charge is -2.02. The molecule has 1 aromatic carbocycles. The summed E-state index contributed by atoms with van der Waals surface area (Å²) in [4.78, 5) is 4.02. The Morgan fingerprint density at radius 1 is 1.17 bits per heavy atom. The summed E-state index contributed by atoms with van der Waals surface area (Å²) in [7, 11) is 0. The van der Waals surface area contributed by atoms with Crippen molar-refractivity contribution in [3.63, 3.8) is 0 Å². The van der Waals surface area contributed by atoms with Crippen LogP contribution in [-0.4, -0.2) is 21.3 Å². The molecule has 0 unspecified atom stereocenters. The molecule has 1 N–H and O–H groups in total. The Hall–Kier alpha value is -2.13. The fourth-order valence-electron chi connectivity index (χ4n) is 1.63. The third-order valence-corrected chi connectivity index (χ3v) is 2.55. The Bertz CT molecular complexity index is 510. The topological polar surface area (TPSA) is 38.0 Å². The van der Waals surface area contributed by atoms with Crippen LogP contribution < -0.4 is 0 Å². The average molecular weight is 240 g/mol. The number of nitrogens with zero attached hydrogens (tertiary/aromatic N) is 2. The monoisotopic (exact) mass is 240 g/mol. The first-order chi connectivity index (χ1) is 8.88. The number of aliphatic hydroxyl groups is 1. The smallest absolute Gasteiger partial charge is 0.0949 e. The van der Waals surface area contributed by atoms with E-state index in [9.17, 15) is 0 Å². The van der Waals surface area contributed by atoms with Gasteiger partial charge in [-0.3, -0.25) is 0 Å². The Morgan fingerprint density at radius 2 is 2.00 bits per heavy atom. The van der Waals surface area contributed by atoms with Crippen LogP contribution in [0.3, 0.4) is 0 Å². The van der Waals surface area contributed by atoms with Gasteiger partial charge in [-0.25, -0.2) is 4.98 Å². The largest absolute Gasteiger partial charge is 0.392 e. The van der Waals surface area contributed by atoms with Crippen molar-refractivity contribution in [1.82, 2.24) is 9.55 Å². The molecule has 0 saturated heterocycles. The minimum absolute atomic E-state index is 0.0776. The number of benzene rings is 1. The van der Waals surface area contributed by atoms with Crippen LogP contribution in [0.1, 0.15) is 11.1 Å². The molecule has 1 aromatic heterocycles. The van der Waals surface area contributed by atoms with Crippen LogP contribution in [0.4, 0.5) is 0 Å². The molecule has 0 amide bonds. The van der Waals surface area contributed by atoms with Gasteiger partial charge in [-0.1, -0.05) is 48.6 Å². The van der Waals surface area contributed by atoms with E-state index < -0.39 is 0 Å². The van der Waals surface area contributed by atoms with E-state index in [4.69, 9.17) is 5.11 Å². The third kappa shape index (κ3) is 3.71. The molecule has 0 aliphatic rings. The molecule has 3 nitrogen and oxygen atoms in total. The lowest BCUT2D eigenvalue weighted by molar-refractivity contribution is 0.343. The molecular formula is C15H16N2O. The van der Waals surface area contributed by atoms with Crippen LogP contribution in [0.15, 0.2) is 61.2 Å². The highest BCUT2D eigenvalue weighted by atomic mass is 16.2. The molecular weight excluding hydrogens is 224 g/mol. The summed E-state index contributed by atoms with van der Waals surface area (Å²) in [6, 6.07) is 8.37. The molecule has 2 rings (SSSR count). The number of hydrogen-bond donors (Lipinski definition) is 1. The molecule has 0 aliphatic carbocycles. The van der Waals surface area contributed by atoms with Crippen molar-refractivity contribution in [1.29, 1.82) is 0 Å². The van der Waals surface area contributed by atoms with Crippen LogP contribution in [0.25, 0.3) is 6.08 Å². The zero-order valence-corrected chi connectivity index (χ0v) is 10.1. The van der Waals surface area contributed by atoms with Gasteiger partial charge in [-0.15, -0.1) is 0 Å². The SMILES string of the molecule is OC/C=C/C=C/c1ccc(Cn2ccnc2)cc1. The summed E-state index contributed by atoms with van der Waals surface area (Å²) in [5, 5.41) is 8.59. The maximum absolute atomic E-state index is 8.59. The van der Waals surface area contributed by atoms with Crippen LogP contribution in [-0.2, 0) is 6.54 Å². The van der Waals surface area contributed by atoms with E-state index in [0.717, 1.165) is 12.1 Å². The number of aliphatic hydroxyl groups excluding tert-OH is 1. The highest BCUT2D eigenvalue weighted by molar-refractivity contribution is 5.51. The zero-order valence-electron chi connectivity index (χ0n) is 10.1. The van der Waals surface area contributed by atoms with Crippen LogP contribution in [0, 0.1) is 0 Å². The second-order valence-corrected chi connectivity index (χ2v) is 3.95. The summed E-state index contributed by atoms with van der Waals surface area (Å²) in [6.45, 7) is 0.919. The van der Waals surface area contributed by atoms with E-state index in [1.165, 1.54) is 5.56 Å².